The van der Waals surface area contributed by atoms with Crippen LogP contribution in [0, 0.1) is 0 Å². The molecule has 1 aromatic carbocycles. The van der Waals surface area contributed by atoms with E-state index in [1.807, 2.05) is 0 Å². The Morgan fingerprint density at radius 2 is 1.85 bits per heavy atom. The Balaban J connectivity index is 2.68. The zero-order valence-electron chi connectivity index (χ0n) is 6.63. The number of halogens is 2. The maximum atomic E-state index is 13.1. The van der Waals surface area contributed by atoms with Crippen LogP contribution in [0.25, 0.3) is 0 Å². The van der Waals surface area contributed by atoms with Crippen molar-refractivity contribution in [2.75, 3.05) is 0 Å². The largest absolute Gasteiger partial charge is 0.292 e. The number of fused-ring (bicyclic) bond motifs is 1. The fraction of sp³-hybridized carbons (Fsp3) is 0.100. The van der Waals surface area contributed by atoms with Gasteiger partial charge in [0.25, 0.3) is 5.92 Å². The number of carbonyl (C=O) groups excluding carboxylic acids is 1. The van der Waals surface area contributed by atoms with Crippen LogP contribution in [0.5, 0.6) is 0 Å². The summed E-state index contributed by atoms with van der Waals surface area (Å²) in [6.45, 7) is 0. The smallest absolute Gasteiger partial charge is 0.289 e. The molecule has 1 aromatic rings. The molecular weight excluding hydrogens is 174 g/mol. The third-order valence-corrected chi connectivity index (χ3v) is 2.00. The summed E-state index contributed by atoms with van der Waals surface area (Å²) in [5.41, 5.74) is -0.113. The molecule has 13 heavy (non-hydrogen) atoms. The quantitative estimate of drug-likeness (QED) is 0.599. The maximum absolute atomic E-state index is 13.1. The summed E-state index contributed by atoms with van der Waals surface area (Å²) in [5.74, 6) is -3.37. The average molecular weight is 180 g/mol. The van der Waals surface area contributed by atoms with Crippen LogP contribution in [-0.2, 0) is 5.92 Å². The Morgan fingerprint density at radius 1 is 1.15 bits per heavy atom. The van der Waals surface area contributed by atoms with Gasteiger partial charge in [-0.25, -0.2) is 0 Å². The highest BCUT2D eigenvalue weighted by Crippen LogP contribution is 2.35. The van der Waals surface area contributed by atoms with Crippen molar-refractivity contribution in [3.8, 4) is 0 Å². The van der Waals surface area contributed by atoms with Crippen molar-refractivity contribution in [3.63, 3.8) is 0 Å². The lowest BCUT2D eigenvalue weighted by atomic mass is 9.93. The van der Waals surface area contributed by atoms with Crippen LogP contribution in [0.3, 0.4) is 0 Å². The molecule has 3 heteroatoms. The molecule has 0 amide bonds. The van der Waals surface area contributed by atoms with Gasteiger partial charge in [0, 0.05) is 11.1 Å². The van der Waals surface area contributed by atoms with Gasteiger partial charge in [-0.2, -0.15) is 8.78 Å². The maximum Gasteiger partial charge on any atom is 0.292 e. The predicted octanol–water partition coefficient (Wildman–Crippen LogP) is 2.53. The van der Waals surface area contributed by atoms with Crippen LogP contribution >= 0.6 is 0 Å². The van der Waals surface area contributed by atoms with E-state index in [-0.39, 0.29) is 16.9 Å². The summed E-state index contributed by atoms with van der Waals surface area (Å²) in [6, 6.07) is 5.76. The highest BCUT2D eigenvalue weighted by Gasteiger charge is 2.35. The highest BCUT2D eigenvalue weighted by atomic mass is 19.3. The van der Waals surface area contributed by atoms with Gasteiger partial charge in [-0.1, -0.05) is 24.3 Å². The van der Waals surface area contributed by atoms with E-state index in [1.54, 1.807) is 6.07 Å². The molecule has 0 spiro atoms. The van der Waals surface area contributed by atoms with Gasteiger partial charge in [0.2, 0.25) is 0 Å². The van der Waals surface area contributed by atoms with Crippen LogP contribution in [0.15, 0.2) is 36.4 Å². The van der Waals surface area contributed by atoms with Gasteiger partial charge in [-0.05, 0) is 12.2 Å². The van der Waals surface area contributed by atoms with Gasteiger partial charge in [0.15, 0.2) is 5.78 Å². The molecule has 1 aliphatic carbocycles. The van der Waals surface area contributed by atoms with Gasteiger partial charge >= 0.3 is 0 Å². The Labute approximate surface area is 73.7 Å². The highest BCUT2D eigenvalue weighted by molar-refractivity contribution is 6.07. The van der Waals surface area contributed by atoms with Crippen LogP contribution in [0.2, 0.25) is 0 Å². The van der Waals surface area contributed by atoms with E-state index < -0.39 is 5.92 Å². The number of hydrogen-bond donors (Lipinski definition) is 0. The second-order valence-electron chi connectivity index (χ2n) is 2.87. The van der Waals surface area contributed by atoms with Gasteiger partial charge in [-0.15, -0.1) is 0 Å². The van der Waals surface area contributed by atoms with E-state index in [1.165, 1.54) is 18.2 Å². The van der Waals surface area contributed by atoms with E-state index in [0.29, 0.717) is 6.08 Å². The minimum absolute atomic E-state index is 0.0926. The fourth-order valence-corrected chi connectivity index (χ4v) is 1.35. The van der Waals surface area contributed by atoms with Crippen molar-refractivity contribution in [1.29, 1.82) is 0 Å². The first kappa shape index (κ1) is 8.10. The Kier molecular flexibility index (Phi) is 1.55. The van der Waals surface area contributed by atoms with Crippen molar-refractivity contribution < 1.29 is 13.6 Å². The third-order valence-electron chi connectivity index (χ3n) is 2.00. The van der Waals surface area contributed by atoms with E-state index in [9.17, 15) is 13.6 Å². The summed E-state index contributed by atoms with van der Waals surface area (Å²) in [5, 5.41) is 0. The molecule has 0 saturated carbocycles. The molecule has 0 N–H and O–H groups in total. The molecule has 0 aromatic heterocycles. The lowest BCUT2D eigenvalue weighted by molar-refractivity contribution is 0.0478. The normalized spacial score (nSPS) is 18.5. The Hall–Kier alpha value is -1.51. The van der Waals surface area contributed by atoms with Crippen molar-refractivity contribution in [3.05, 3.63) is 47.5 Å². The first-order valence-corrected chi connectivity index (χ1v) is 3.82. The van der Waals surface area contributed by atoms with Crippen LogP contribution < -0.4 is 0 Å². The number of hydrogen-bond acceptors (Lipinski definition) is 1. The van der Waals surface area contributed by atoms with Gasteiger partial charge in [0.05, 0.1) is 0 Å². The molecule has 0 atom stereocenters. The zero-order valence-corrected chi connectivity index (χ0v) is 6.63. The molecule has 1 aliphatic rings. The van der Waals surface area contributed by atoms with Crippen molar-refractivity contribution in [2.24, 2.45) is 0 Å². The average Bonchev–Trinajstić information content (AvgIpc) is 2.13. The molecule has 0 saturated heterocycles. The number of alkyl halides is 2. The van der Waals surface area contributed by atoms with Crippen LogP contribution in [0.4, 0.5) is 8.78 Å². The lowest BCUT2D eigenvalue weighted by Gasteiger charge is -2.18. The molecule has 0 aliphatic heterocycles. The van der Waals surface area contributed by atoms with E-state index in [4.69, 9.17) is 0 Å². The number of allylic oxidation sites excluding steroid dienone is 2. The van der Waals surface area contributed by atoms with Gasteiger partial charge in [0.1, 0.15) is 0 Å². The minimum atomic E-state index is -3.01. The first-order valence-electron chi connectivity index (χ1n) is 3.82. The Morgan fingerprint density at radius 3 is 2.54 bits per heavy atom. The lowest BCUT2D eigenvalue weighted by Crippen LogP contribution is -2.19. The van der Waals surface area contributed by atoms with E-state index >= 15 is 0 Å². The molecule has 2 rings (SSSR count). The summed E-state index contributed by atoms with van der Waals surface area (Å²) < 4.78 is 26.3. The van der Waals surface area contributed by atoms with Gasteiger partial charge in [-0.3, -0.25) is 4.79 Å². The molecular formula is C10H6F2O. The van der Waals surface area contributed by atoms with E-state index in [0.717, 1.165) is 6.08 Å². The number of carbonyl (C=O) groups is 1. The van der Waals surface area contributed by atoms with Gasteiger partial charge < -0.3 is 0 Å². The van der Waals surface area contributed by atoms with Crippen molar-refractivity contribution in [1.82, 2.24) is 0 Å². The fourth-order valence-electron chi connectivity index (χ4n) is 1.35. The molecule has 0 heterocycles. The minimum Gasteiger partial charge on any atom is -0.289 e. The summed E-state index contributed by atoms with van der Waals surface area (Å²) >= 11 is 0. The zero-order chi connectivity index (χ0) is 9.47. The topological polar surface area (TPSA) is 17.1 Å². The molecule has 0 fully saturated rings. The predicted molar refractivity (Wildman–Crippen MR) is 43.8 cm³/mol. The summed E-state index contributed by atoms with van der Waals surface area (Å²) in [6.07, 6.45) is 1.56. The molecule has 0 radical (unpaired) electrons. The number of rotatable bonds is 0. The SMILES string of the molecule is O=C1C=CC(F)(F)c2ccccc21. The first-order chi connectivity index (χ1) is 6.11. The number of benzene rings is 1. The molecule has 66 valence electrons. The number of ketones is 1. The standard InChI is InChI=1S/C10H6F2O/c11-10(12)6-5-9(13)7-3-1-2-4-8(7)10/h1-6H. The van der Waals surface area contributed by atoms with Crippen molar-refractivity contribution in [2.45, 2.75) is 5.92 Å². The van der Waals surface area contributed by atoms with Crippen LogP contribution in [0.1, 0.15) is 15.9 Å². The second kappa shape index (κ2) is 2.49. The second-order valence-corrected chi connectivity index (χ2v) is 2.87. The monoisotopic (exact) mass is 180 g/mol. The van der Waals surface area contributed by atoms with Crippen molar-refractivity contribution >= 4 is 5.78 Å². The molecule has 0 unspecified atom stereocenters. The van der Waals surface area contributed by atoms with Crippen LogP contribution in [-0.4, -0.2) is 5.78 Å². The third kappa shape index (κ3) is 1.16. The van der Waals surface area contributed by atoms with E-state index in [2.05, 4.69) is 0 Å². The molecule has 1 nitrogen and oxygen atoms in total. The summed E-state index contributed by atoms with van der Waals surface area (Å²) in [7, 11) is 0. The molecule has 0 bridgehead atoms. The summed E-state index contributed by atoms with van der Waals surface area (Å²) in [4.78, 5) is 11.2. The Bertz CT molecular complexity index is 394.